The largest absolute Gasteiger partial charge is 0.352 e. The molecule has 1 aliphatic heterocycles. The first-order chi connectivity index (χ1) is 11.9. The van der Waals surface area contributed by atoms with Crippen LogP contribution in [0.3, 0.4) is 0 Å². The standard InChI is InChI=1S/C19H30N4O2/c1-12(2)11-23-14(4)16(13(3)21-23)10-18(24)22-9-5-6-17(22)19(25)20-15-7-8-15/h12,15,17H,5-11H2,1-4H3,(H,20,25). The summed E-state index contributed by atoms with van der Waals surface area (Å²) < 4.78 is 2.00. The fourth-order valence-electron chi connectivity index (χ4n) is 3.63. The Morgan fingerprint density at radius 1 is 1.24 bits per heavy atom. The number of aryl methyl sites for hydroxylation is 1. The Balaban J connectivity index is 1.68. The SMILES string of the molecule is Cc1nn(CC(C)C)c(C)c1CC(=O)N1CCCC1C(=O)NC1CC1. The van der Waals surface area contributed by atoms with Gasteiger partial charge in [0, 0.05) is 30.4 Å². The van der Waals surface area contributed by atoms with Crippen LogP contribution in [0.5, 0.6) is 0 Å². The molecule has 1 saturated carbocycles. The molecule has 0 spiro atoms. The van der Waals surface area contributed by atoms with Crippen LogP contribution in [0, 0.1) is 19.8 Å². The Kier molecular flexibility index (Phi) is 5.16. The third kappa shape index (κ3) is 4.05. The second kappa shape index (κ2) is 7.18. The third-order valence-corrected chi connectivity index (χ3v) is 5.20. The molecule has 1 unspecified atom stereocenters. The Hall–Kier alpha value is -1.85. The summed E-state index contributed by atoms with van der Waals surface area (Å²) in [5, 5.41) is 7.64. The van der Waals surface area contributed by atoms with E-state index in [-0.39, 0.29) is 17.9 Å². The van der Waals surface area contributed by atoms with Crippen molar-refractivity contribution in [3.63, 3.8) is 0 Å². The van der Waals surface area contributed by atoms with Crippen molar-refractivity contribution in [2.24, 2.45) is 5.92 Å². The van der Waals surface area contributed by atoms with Crippen molar-refractivity contribution < 1.29 is 9.59 Å². The normalized spacial score (nSPS) is 20.4. The first-order valence-corrected chi connectivity index (χ1v) is 9.49. The summed E-state index contributed by atoms with van der Waals surface area (Å²) >= 11 is 0. The van der Waals surface area contributed by atoms with Crippen LogP contribution < -0.4 is 5.32 Å². The smallest absolute Gasteiger partial charge is 0.243 e. The maximum atomic E-state index is 12.9. The summed E-state index contributed by atoms with van der Waals surface area (Å²) in [6.07, 6.45) is 4.15. The van der Waals surface area contributed by atoms with Gasteiger partial charge in [-0.3, -0.25) is 14.3 Å². The average Bonchev–Trinajstić information content (AvgIpc) is 3.14. The minimum Gasteiger partial charge on any atom is -0.352 e. The van der Waals surface area contributed by atoms with Crippen molar-refractivity contribution in [1.29, 1.82) is 0 Å². The van der Waals surface area contributed by atoms with Gasteiger partial charge in [0.05, 0.1) is 12.1 Å². The highest BCUT2D eigenvalue weighted by atomic mass is 16.2. The van der Waals surface area contributed by atoms with Crippen LogP contribution in [0.2, 0.25) is 0 Å². The van der Waals surface area contributed by atoms with Crippen LogP contribution in [0.4, 0.5) is 0 Å². The fraction of sp³-hybridized carbons (Fsp3) is 0.737. The fourth-order valence-corrected chi connectivity index (χ4v) is 3.63. The molecule has 2 fully saturated rings. The van der Waals surface area contributed by atoms with Crippen LogP contribution in [-0.4, -0.2) is 45.1 Å². The molecule has 6 heteroatoms. The lowest BCUT2D eigenvalue weighted by Gasteiger charge is -2.24. The monoisotopic (exact) mass is 346 g/mol. The Labute approximate surface area is 149 Å². The molecule has 1 atom stereocenters. The highest BCUT2D eigenvalue weighted by Gasteiger charge is 2.36. The van der Waals surface area contributed by atoms with E-state index in [1.807, 2.05) is 18.5 Å². The minimum atomic E-state index is -0.292. The molecule has 2 amide bonds. The zero-order chi connectivity index (χ0) is 18.1. The maximum Gasteiger partial charge on any atom is 0.243 e. The number of aromatic nitrogens is 2. The molecule has 0 aromatic carbocycles. The Morgan fingerprint density at radius 3 is 2.60 bits per heavy atom. The predicted octanol–water partition coefficient (Wildman–Crippen LogP) is 1.97. The van der Waals surface area contributed by atoms with Crippen molar-refractivity contribution in [1.82, 2.24) is 20.0 Å². The van der Waals surface area contributed by atoms with E-state index in [0.717, 1.165) is 49.2 Å². The van der Waals surface area contributed by atoms with Gasteiger partial charge in [0.25, 0.3) is 0 Å². The van der Waals surface area contributed by atoms with Gasteiger partial charge in [-0.25, -0.2) is 0 Å². The molecule has 1 saturated heterocycles. The van der Waals surface area contributed by atoms with E-state index in [0.29, 0.717) is 24.9 Å². The van der Waals surface area contributed by atoms with Gasteiger partial charge < -0.3 is 10.2 Å². The Bertz CT molecular complexity index is 661. The van der Waals surface area contributed by atoms with Crippen molar-refractivity contribution in [2.45, 2.75) is 78.4 Å². The average molecular weight is 346 g/mol. The van der Waals surface area contributed by atoms with Crippen LogP contribution in [-0.2, 0) is 22.6 Å². The molecule has 2 aliphatic rings. The van der Waals surface area contributed by atoms with Gasteiger partial charge in [0.2, 0.25) is 11.8 Å². The van der Waals surface area contributed by atoms with Crippen molar-refractivity contribution in [2.75, 3.05) is 6.54 Å². The molecule has 1 aliphatic carbocycles. The molecule has 2 heterocycles. The first kappa shape index (κ1) is 18.0. The molecule has 138 valence electrons. The molecular weight excluding hydrogens is 316 g/mol. The molecule has 1 aromatic heterocycles. The van der Waals surface area contributed by atoms with E-state index >= 15 is 0 Å². The second-order valence-corrected chi connectivity index (χ2v) is 7.93. The summed E-state index contributed by atoms with van der Waals surface area (Å²) in [5.74, 6) is 0.580. The zero-order valence-electron chi connectivity index (χ0n) is 15.8. The summed E-state index contributed by atoms with van der Waals surface area (Å²) in [5.41, 5.74) is 3.00. The number of carbonyl (C=O) groups excluding carboxylic acids is 2. The van der Waals surface area contributed by atoms with Crippen LogP contribution >= 0.6 is 0 Å². The van der Waals surface area contributed by atoms with Crippen molar-refractivity contribution >= 4 is 11.8 Å². The van der Waals surface area contributed by atoms with Gasteiger partial charge in [-0.2, -0.15) is 5.10 Å². The molecule has 3 rings (SSSR count). The number of hydrogen-bond acceptors (Lipinski definition) is 3. The van der Waals surface area contributed by atoms with Gasteiger partial charge in [-0.05, 0) is 45.4 Å². The lowest BCUT2D eigenvalue weighted by Crippen LogP contribution is -2.47. The van der Waals surface area contributed by atoms with Crippen LogP contribution in [0.25, 0.3) is 0 Å². The number of rotatable bonds is 6. The molecule has 6 nitrogen and oxygen atoms in total. The van der Waals surface area contributed by atoms with Gasteiger partial charge in [0.1, 0.15) is 6.04 Å². The highest BCUT2D eigenvalue weighted by molar-refractivity contribution is 5.89. The number of nitrogens with zero attached hydrogens (tertiary/aromatic N) is 3. The van der Waals surface area contributed by atoms with Crippen molar-refractivity contribution in [3.05, 3.63) is 17.0 Å². The van der Waals surface area contributed by atoms with Gasteiger partial charge in [-0.15, -0.1) is 0 Å². The topological polar surface area (TPSA) is 67.2 Å². The lowest BCUT2D eigenvalue weighted by molar-refractivity contribution is -0.138. The summed E-state index contributed by atoms with van der Waals surface area (Å²) in [7, 11) is 0. The number of likely N-dealkylation sites (tertiary alicyclic amines) is 1. The third-order valence-electron chi connectivity index (χ3n) is 5.20. The van der Waals surface area contributed by atoms with E-state index in [1.54, 1.807) is 4.90 Å². The lowest BCUT2D eigenvalue weighted by atomic mass is 10.1. The molecule has 0 bridgehead atoms. The molecule has 1 N–H and O–H groups in total. The van der Waals surface area contributed by atoms with Crippen LogP contribution in [0.15, 0.2) is 0 Å². The van der Waals surface area contributed by atoms with E-state index in [1.165, 1.54) is 0 Å². The van der Waals surface area contributed by atoms with E-state index in [4.69, 9.17) is 0 Å². The zero-order valence-corrected chi connectivity index (χ0v) is 15.8. The van der Waals surface area contributed by atoms with E-state index in [2.05, 4.69) is 24.3 Å². The van der Waals surface area contributed by atoms with Crippen LogP contribution in [0.1, 0.15) is 56.5 Å². The van der Waals surface area contributed by atoms with Crippen molar-refractivity contribution in [3.8, 4) is 0 Å². The minimum absolute atomic E-state index is 0.0253. The van der Waals surface area contributed by atoms with Gasteiger partial charge in [0.15, 0.2) is 0 Å². The molecule has 0 radical (unpaired) electrons. The summed E-state index contributed by atoms with van der Waals surface area (Å²) in [4.78, 5) is 27.1. The number of carbonyl (C=O) groups is 2. The van der Waals surface area contributed by atoms with Gasteiger partial charge >= 0.3 is 0 Å². The molecular formula is C19H30N4O2. The van der Waals surface area contributed by atoms with E-state index in [9.17, 15) is 9.59 Å². The second-order valence-electron chi connectivity index (χ2n) is 7.93. The first-order valence-electron chi connectivity index (χ1n) is 9.49. The molecule has 25 heavy (non-hydrogen) atoms. The Morgan fingerprint density at radius 2 is 1.96 bits per heavy atom. The summed E-state index contributed by atoms with van der Waals surface area (Å²) in [6.45, 7) is 9.86. The number of amides is 2. The number of nitrogens with one attached hydrogen (secondary N) is 1. The maximum absolute atomic E-state index is 12.9. The highest BCUT2D eigenvalue weighted by Crippen LogP contribution is 2.24. The molecule has 1 aromatic rings. The summed E-state index contributed by atoms with van der Waals surface area (Å²) in [6, 6.07) is 0.0447. The van der Waals surface area contributed by atoms with Gasteiger partial charge in [-0.1, -0.05) is 13.8 Å². The predicted molar refractivity (Wildman–Crippen MR) is 96.1 cm³/mol. The quantitative estimate of drug-likeness (QED) is 0.856. The number of hydrogen-bond donors (Lipinski definition) is 1. The van der Waals surface area contributed by atoms with E-state index < -0.39 is 0 Å².